The highest BCUT2D eigenvalue weighted by Gasteiger charge is 2.10. The molecule has 0 saturated heterocycles. The van der Waals surface area contributed by atoms with Crippen molar-refractivity contribution in [3.63, 3.8) is 0 Å². The molecule has 2 aromatic rings. The van der Waals surface area contributed by atoms with Crippen LogP contribution in [-0.4, -0.2) is 24.0 Å². The van der Waals surface area contributed by atoms with Gasteiger partial charge in [0.05, 0.1) is 26.1 Å². The molecule has 1 unspecified atom stereocenters. The number of ether oxygens (including phenoxy) is 2. The van der Waals surface area contributed by atoms with Crippen LogP contribution in [0, 0.1) is 0 Å². The van der Waals surface area contributed by atoms with Gasteiger partial charge in [-0.2, -0.15) is 5.10 Å². The Labute approximate surface area is 119 Å². The normalized spacial score (nSPS) is 12.0. The highest BCUT2D eigenvalue weighted by molar-refractivity contribution is 5.47. The molecule has 0 aliphatic heterocycles. The van der Waals surface area contributed by atoms with E-state index in [9.17, 15) is 0 Å². The third-order valence-corrected chi connectivity index (χ3v) is 3.25. The molecule has 20 heavy (non-hydrogen) atoms. The molecule has 0 bridgehead atoms. The molecule has 5 heteroatoms. The minimum absolute atomic E-state index is 0.157. The Bertz CT molecular complexity index is 566. The molecule has 1 atom stereocenters. The third-order valence-electron chi connectivity index (χ3n) is 3.25. The molecule has 0 amide bonds. The Morgan fingerprint density at radius 1 is 1.25 bits per heavy atom. The molecule has 2 rings (SSSR count). The second-order valence-electron chi connectivity index (χ2n) is 4.57. The van der Waals surface area contributed by atoms with Gasteiger partial charge in [-0.15, -0.1) is 0 Å². The zero-order valence-electron chi connectivity index (χ0n) is 12.4. The monoisotopic (exact) mass is 275 g/mol. The van der Waals surface area contributed by atoms with Gasteiger partial charge in [-0.1, -0.05) is 6.07 Å². The number of rotatable bonds is 6. The fourth-order valence-electron chi connectivity index (χ4n) is 2.07. The number of aryl methyl sites for hydroxylation is 1. The minimum Gasteiger partial charge on any atom is -0.493 e. The smallest absolute Gasteiger partial charge is 0.161 e. The maximum atomic E-state index is 5.33. The Hall–Kier alpha value is -2.17. The predicted molar refractivity (Wildman–Crippen MR) is 79.5 cm³/mol. The van der Waals surface area contributed by atoms with Crippen molar-refractivity contribution in [2.24, 2.45) is 0 Å². The van der Waals surface area contributed by atoms with E-state index < -0.39 is 0 Å². The quantitative estimate of drug-likeness (QED) is 0.880. The summed E-state index contributed by atoms with van der Waals surface area (Å²) in [5.74, 6) is 1.48. The van der Waals surface area contributed by atoms with E-state index in [0.29, 0.717) is 0 Å². The van der Waals surface area contributed by atoms with E-state index in [1.54, 1.807) is 14.2 Å². The van der Waals surface area contributed by atoms with Gasteiger partial charge in [0.1, 0.15) is 0 Å². The summed E-state index contributed by atoms with van der Waals surface area (Å²) in [4.78, 5) is 0. The van der Waals surface area contributed by atoms with Crippen molar-refractivity contribution >= 4 is 5.69 Å². The van der Waals surface area contributed by atoms with Crippen molar-refractivity contribution in [1.82, 2.24) is 9.78 Å². The van der Waals surface area contributed by atoms with Gasteiger partial charge in [-0.3, -0.25) is 4.68 Å². The predicted octanol–water partition coefficient (Wildman–Crippen LogP) is 3.09. The van der Waals surface area contributed by atoms with E-state index >= 15 is 0 Å². The van der Waals surface area contributed by atoms with Crippen molar-refractivity contribution in [3.8, 4) is 11.5 Å². The molecular weight excluding hydrogens is 254 g/mol. The SMILES string of the molecule is CCn1cc(NC(C)c2ccc(OC)c(OC)c2)cn1. The van der Waals surface area contributed by atoms with E-state index in [4.69, 9.17) is 9.47 Å². The number of benzene rings is 1. The van der Waals surface area contributed by atoms with Gasteiger partial charge in [0.15, 0.2) is 11.5 Å². The van der Waals surface area contributed by atoms with Gasteiger partial charge in [0, 0.05) is 18.8 Å². The van der Waals surface area contributed by atoms with Crippen LogP contribution in [0.2, 0.25) is 0 Å². The fraction of sp³-hybridized carbons (Fsp3) is 0.400. The molecule has 0 fully saturated rings. The van der Waals surface area contributed by atoms with Crippen molar-refractivity contribution in [3.05, 3.63) is 36.2 Å². The second-order valence-corrected chi connectivity index (χ2v) is 4.57. The molecule has 1 aromatic carbocycles. The number of anilines is 1. The van der Waals surface area contributed by atoms with E-state index in [2.05, 4.69) is 24.3 Å². The van der Waals surface area contributed by atoms with Gasteiger partial charge in [-0.25, -0.2) is 0 Å². The lowest BCUT2D eigenvalue weighted by molar-refractivity contribution is 0.354. The molecule has 1 N–H and O–H groups in total. The second kappa shape index (κ2) is 6.32. The van der Waals surface area contributed by atoms with Crippen LogP contribution >= 0.6 is 0 Å². The van der Waals surface area contributed by atoms with Gasteiger partial charge in [0.25, 0.3) is 0 Å². The summed E-state index contributed by atoms with van der Waals surface area (Å²) in [6.45, 7) is 5.03. The number of methoxy groups -OCH3 is 2. The Morgan fingerprint density at radius 3 is 2.60 bits per heavy atom. The lowest BCUT2D eigenvalue weighted by Gasteiger charge is -2.16. The maximum absolute atomic E-state index is 5.33. The highest BCUT2D eigenvalue weighted by Crippen LogP contribution is 2.30. The molecule has 1 heterocycles. The largest absolute Gasteiger partial charge is 0.493 e. The first-order valence-corrected chi connectivity index (χ1v) is 6.68. The van der Waals surface area contributed by atoms with E-state index in [-0.39, 0.29) is 6.04 Å². The summed E-state index contributed by atoms with van der Waals surface area (Å²) in [6, 6.07) is 6.09. The Morgan fingerprint density at radius 2 is 2.00 bits per heavy atom. The van der Waals surface area contributed by atoms with Crippen molar-refractivity contribution in [2.75, 3.05) is 19.5 Å². The molecule has 0 spiro atoms. The summed E-state index contributed by atoms with van der Waals surface area (Å²) in [5, 5.41) is 7.67. The summed E-state index contributed by atoms with van der Waals surface area (Å²) in [7, 11) is 3.28. The number of hydrogen-bond acceptors (Lipinski definition) is 4. The van der Waals surface area contributed by atoms with Crippen LogP contribution in [0.25, 0.3) is 0 Å². The zero-order chi connectivity index (χ0) is 14.5. The van der Waals surface area contributed by atoms with Gasteiger partial charge in [-0.05, 0) is 31.5 Å². The standard InChI is InChI=1S/C15H21N3O2/c1-5-18-10-13(9-16-18)17-11(2)12-6-7-14(19-3)15(8-12)20-4/h6-11,17H,5H2,1-4H3. The van der Waals surface area contributed by atoms with Crippen molar-refractivity contribution in [1.29, 1.82) is 0 Å². The van der Waals surface area contributed by atoms with Gasteiger partial charge >= 0.3 is 0 Å². The first kappa shape index (κ1) is 14.2. The first-order chi connectivity index (χ1) is 9.67. The van der Waals surface area contributed by atoms with Crippen LogP contribution in [0.1, 0.15) is 25.5 Å². The molecule has 5 nitrogen and oxygen atoms in total. The number of nitrogens with one attached hydrogen (secondary N) is 1. The topological polar surface area (TPSA) is 48.3 Å². The molecule has 0 radical (unpaired) electrons. The van der Waals surface area contributed by atoms with E-state index in [0.717, 1.165) is 29.3 Å². The van der Waals surface area contributed by atoms with Crippen LogP contribution in [0.5, 0.6) is 11.5 Å². The average Bonchev–Trinajstić information content (AvgIpc) is 2.94. The Balaban J connectivity index is 2.14. The minimum atomic E-state index is 0.157. The third kappa shape index (κ3) is 3.04. The summed E-state index contributed by atoms with van der Waals surface area (Å²) in [5.41, 5.74) is 2.14. The van der Waals surface area contributed by atoms with Crippen LogP contribution < -0.4 is 14.8 Å². The number of hydrogen-bond donors (Lipinski definition) is 1. The number of aromatic nitrogens is 2. The van der Waals surface area contributed by atoms with Gasteiger partial charge in [0.2, 0.25) is 0 Å². The highest BCUT2D eigenvalue weighted by atomic mass is 16.5. The van der Waals surface area contributed by atoms with Crippen LogP contribution in [0.4, 0.5) is 5.69 Å². The first-order valence-electron chi connectivity index (χ1n) is 6.68. The van der Waals surface area contributed by atoms with Gasteiger partial charge < -0.3 is 14.8 Å². The maximum Gasteiger partial charge on any atom is 0.161 e. The molecular formula is C15H21N3O2. The lowest BCUT2D eigenvalue weighted by Crippen LogP contribution is -2.06. The van der Waals surface area contributed by atoms with Crippen LogP contribution in [0.3, 0.4) is 0 Å². The fourth-order valence-corrected chi connectivity index (χ4v) is 2.07. The summed E-state index contributed by atoms with van der Waals surface area (Å²) < 4.78 is 12.5. The van der Waals surface area contributed by atoms with E-state index in [1.807, 2.05) is 35.3 Å². The molecule has 0 aliphatic carbocycles. The van der Waals surface area contributed by atoms with Crippen molar-refractivity contribution in [2.45, 2.75) is 26.4 Å². The number of nitrogens with zero attached hydrogens (tertiary/aromatic N) is 2. The lowest BCUT2D eigenvalue weighted by atomic mass is 10.1. The van der Waals surface area contributed by atoms with Crippen molar-refractivity contribution < 1.29 is 9.47 Å². The summed E-state index contributed by atoms with van der Waals surface area (Å²) in [6.07, 6.45) is 3.83. The molecule has 0 saturated carbocycles. The molecule has 0 aliphatic rings. The molecule has 108 valence electrons. The molecule has 1 aromatic heterocycles. The van der Waals surface area contributed by atoms with E-state index in [1.165, 1.54) is 0 Å². The summed E-state index contributed by atoms with van der Waals surface area (Å²) >= 11 is 0. The van der Waals surface area contributed by atoms with Crippen LogP contribution in [-0.2, 0) is 6.54 Å². The Kier molecular flexibility index (Phi) is 4.50. The average molecular weight is 275 g/mol. The van der Waals surface area contributed by atoms with Crippen LogP contribution in [0.15, 0.2) is 30.6 Å². The zero-order valence-corrected chi connectivity index (χ0v) is 12.4.